The summed E-state index contributed by atoms with van der Waals surface area (Å²) in [5.41, 5.74) is 1.52. The van der Waals surface area contributed by atoms with Crippen LogP contribution in [0.5, 0.6) is 0 Å². The van der Waals surface area contributed by atoms with Crippen LogP contribution in [-0.4, -0.2) is 24.9 Å². The lowest BCUT2D eigenvalue weighted by atomic mass is 10.2. The molecule has 0 radical (unpaired) electrons. The second-order valence-corrected chi connectivity index (χ2v) is 4.69. The number of rotatable bonds is 4. The van der Waals surface area contributed by atoms with Gasteiger partial charge in [0.2, 0.25) is 0 Å². The van der Waals surface area contributed by atoms with Crippen LogP contribution in [0.1, 0.15) is 15.9 Å². The third-order valence-electron chi connectivity index (χ3n) is 3.04. The average molecular weight is 312 g/mol. The van der Waals surface area contributed by atoms with Gasteiger partial charge >= 0.3 is 17.8 Å². The van der Waals surface area contributed by atoms with Crippen LogP contribution in [0.15, 0.2) is 54.6 Å². The van der Waals surface area contributed by atoms with Crippen molar-refractivity contribution in [3.8, 4) is 0 Å². The Bertz CT molecular complexity index is 714. The quantitative estimate of drug-likeness (QED) is 0.665. The van der Waals surface area contributed by atoms with Gasteiger partial charge in [-0.3, -0.25) is 9.59 Å². The molecule has 0 aromatic heterocycles. The first-order valence-electron chi connectivity index (χ1n) is 6.91. The molecular weight excluding hydrogens is 296 g/mol. The van der Waals surface area contributed by atoms with Crippen molar-refractivity contribution in [2.75, 3.05) is 12.4 Å². The summed E-state index contributed by atoms with van der Waals surface area (Å²) in [5.74, 6) is -2.07. The Balaban J connectivity index is 1.93. The van der Waals surface area contributed by atoms with E-state index in [0.29, 0.717) is 5.69 Å². The molecule has 0 spiro atoms. The number of anilines is 1. The van der Waals surface area contributed by atoms with E-state index in [4.69, 9.17) is 0 Å². The highest BCUT2D eigenvalue weighted by molar-refractivity contribution is 6.39. The molecule has 6 heteroatoms. The fourth-order valence-electron chi connectivity index (χ4n) is 1.89. The second kappa shape index (κ2) is 7.74. The lowest BCUT2D eigenvalue weighted by Crippen LogP contribution is -2.34. The maximum absolute atomic E-state index is 11.8. The van der Waals surface area contributed by atoms with E-state index in [1.807, 2.05) is 30.3 Å². The minimum atomic E-state index is -0.803. The van der Waals surface area contributed by atoms with Crippen LogP contribution in [0.25, 0.3) is 0 Å². The molecule has 2 rings (SSSR count). The Labute approximate surface area is 133 Å². The molecule has 0 aliphatic carbocycles. The Kier molecular flexibility index (Phi) is 5.46. The number of hydrogen-bond acceptors (Lipinski definition) is 4. The minimum Gasteiger partial charge on any atom is -0.465 e. The standard InChI is InChI=1S/C17H16N2O4/c1-23-17(22)13-8-5-9-14(10-13)19-16(21)15(20)18-11-12-6-3-2-4-7-12/h2-10H,11H2,1H3,(H,18,20)(H,19,21). The van der Waals surface area contributed by atoms with Gasteiger partial charge in [-0.05, 0) is 23.8 Å². The van der Waals surface area contributed by atoms with Crippen LogP contribution < -0.4 is 10.6 Å². The zero-order chi connectivity index (χ0) is 16.7. The van der Waals surface area contributed by atoms with Crippen molar-refractivity contribution in [1.29, 1.82) is 0 Å². The van der Waals surface area contributed by atoms with Gasteiger partial charge in [0.25, 0.3) is 0 Å². The summed E-state index contributed by atoms with van der Waals surface area (Å²) in [6, 6.07) is 15.4. The smallest absolute Gasteiger partial charge is 0.337 e. The summed E-state index contributed by atoms with van der Waals surface area (Å²) in [4.78, 5) is 35.1. The number of carbonyl (C=O) groups excluding carboxylic acids is 3. The summed E-state index contributed by atoms with van der Waals surface area (Å²) in [6.45, 7) is 0.259. The van der Waals surface area contributed by atoms with Crippen molar-refractivity contribution in [2.45, 2.75) is 6.54 Å². The van der Waals surface area contributed by atoms with Crippen LogP contribution in [0, 0.1) is 0 Å². The molecule has 118 valence electrons. The molecule has 0 aliphatic heterocycles. The van der Waals surface area contributed by atoms with Crippen LogP contribution in [-0.2, 0) is 20.9 Å². The molecule has 2 amide bonds. The minimum absolute atomic E-state index is 0.259. The van der Waals surface area contributed by atoms with Crippen molar-refractivity contribution in [1.82, 2.24) is 5.32 Å². The molecule has 0 heterocycles. The third-order valence-corrected chi connectivity index (χ3v) is 3.04. The summed E-state index contributed by atoms with van der Waals surface area (Å²) in [5, 5.41) is 4.96. The monoisotopic (exact) mass is 312 g/mol. The van der Waals surface area contributed by atoms with Crippen LogP contribution >= 0.6 is 0 Å². The first-order valence-corrected chi connectivity index (χ1v) is 6.91. The van der Waals surface area contributed by atoms with Gasteiger partial charge in [-0.15, -0.1) is 0 Å². The summed E-state index contributed by atoms with van der Waals surface area (Å²) in [6.07, 6.45) is 0. The van der Waals surface area contributed by atoms with E-state index in [9.17, 15) is 14.4 Å². The van der Waals surface area contributed by atoms with Crippen molar-refractivity contribution < 1.29 is 19.1 Å². The van der Waals surface area contributed by atoms with Crippen molar-refractivity contribution in [3.63, 3.8) is 0 Å². The highest BCUT2D eigenvalue weighted by Crippen LogP contribution is 2.11. The van der Waals surface area contributed by atoms with Crippen molar-refractivity contribution >= 4 is 23.5 Å². The summed E-state index contributed by atoms with van der Waals surface area (Å²) >= 11 is 0. The summed E-state index contributed by atoms with van der Waals surface area (Å²) in [7, 11) is 1.27. The van der Waals surface area contributed by atoms with E-state index in [0.717, 1.165) is 5.56 Å². The van der Waals surface area contributed by atoms with Gasteiger partial charge < -0.3 is 15.4 Å². The molecule has 2 N–H and O–H groups in total. The fraction of sp³-hybridized carbons (Fsp3) is 0.118. The predicted octanol–water partition coefficient (Wildman–Crippen LogP) is 1.73. The molecule has 0 atom stereocenters. The SMILES string of the molecule is COC(=O)c1cccc(NC(=O)C(=O)NCc2ccccc2)c1. The summed E-state index contributed by atoms with van der Waals surface area (Å²) < 4.78 is 4.60. The van der Waals surface area contributed by atoms with Gasteiger partial charge in [0.05, 0.1) is 12.7 Å². The largest absolute Gasteiger partial charge is 0.465 e. The first-order chi connectivity index (χ1) is 11.1. The Morgan fingerprint density at radius 3 is 2.39 bits per heavy atom. The zero-order valence-corrected chi connectivity index (χ0v) is 12.5. The Hall–Kier alpha value is -3.15. The molecule has 0 bridgehead atoms. The molecular formula is C17H16N2O4. The third kappa shape index (κ3) is 4.67. The van der Waals surface area contributed by atoms with Gasteiger partial charge in [-0.2, -0.15) is 0 Å². The lowest BCUT2D eigenvalue weighted by Gasteiger charge is -2.07. The van der Waals surface area contributed by atoms with E-state index in [1.165, 1.54) is 13.2 Å². The van der Waals surface area contributed by atoms with E-state index >= 15 is 0 Å². The number of amides is 2. The molecule has 6 nitrogen and oxygen atoms in total. The second-order valence-electron chi connectivity index (χ2n) is 4.69. The molecule has 2 aromatic rings. The molecule has 0 saturated carbocycles. The molecule has 0 saturated heterocycles. The number of carbonyl (C=O) groups is 3. The fourth-order valence-corrected chi connectivity index (χ4v) is 1.89. The number of benzene rings is 2. The Morgan fingerprint density at radius 2 is 1.70 bits per heavy atom. The van der Waals surface area contributed by atoms with Gasteiger partial charge in [0, 0.05) is 12.2 Å². The molecule has 0 unspecified atom stereocenters. The van der Waals surface area contributed by atoms with Crippen molar-refractivity contribution in [2.24, 2.45) is 0 Å². The average Bonchev–Trinajstić information content (AvgIpc) is 2.60. The molecule has 0 aliphatic rings. The lowest BCUT2D eigenvalue weighted by molar-refractivity contribution is -0.136. The highest BCUT2D eigenvalue weighted by atomic mass is 16.5. The number of hydrogen-bond donors (Lipinski definition) is 2. The van der Waals surface area contributed by atoms with Gasteiger partial charge in [0.15, 0.2) is 0 Å². The topological polar surface area (TPSA) is 84.5 Å². The number of esters is 1. The van der Waals surface area contributed by atoms with Gasteiger partial charge in [-0.25, -0.2) is 4.79 Å². The van der Waals surface area contributed by atoms with E-state index in [-0.39, 0.29) is 12.1 Å². The predicted molar refractivity (Wildman–Crippen MR) is 84.7 cm³/mol. The van der Waals surface area contributed by atoms with E-state index in [1.54, 1.807) is 18.2 Å². The maximum Gasteiger partial charge on any atom is 0.337 e. The van der Waals surface area contributed by atoms with Gasteiger partial charge in [-0.1, -0.05) is 36.4 Å². The van der Waals surface area contributed by atoms with Gasteiger partial charge in [0.1, 0.15) is 0 Å². The van der Waals surface area contributed by atoms with E-state index < -0.39 is 17.8 Å². The first kappa shape index (κ1) is 16.2. The zero-order valence-electron chi connectivity index (χ0n) is 12.5. The Morgan fingerprint density at radius 1 is 0.957 bits per heavy atom. The van der Waals surface area contributed by atoms with Crippen LogP contribution in [0.4, 0.5) is 5.69 Å². The van der Waals surface area contributed by atoms with Crippen LogP contribution in [0.3, 0.4) is 0 Å². The van der Waals surface area contributed by atoms with E-state index in [2.05, 4.69) is 15.4 Å². The molecule has 0 fully saturated rings. The van der Waals surface area contributed by atoms with Crippen LogP contribution in [0.2, 0.25) is 0 Å². The maximum atomic E-state index is 11.8. The highest BCUT2D eigenvalue weighted by Gasteiger charge is 2.14. The molecule has 23 heavy (non-hydrogen) atoms. The van der Waals surface area contributed by atoms with Crippen molar-refractivity contribution in [3.05, 3.63) is 65.7 Å². The molecule has 2 aromatic carbocycles. The number of methoxy groups -OCH3 is 1. The number of nitrogens with one attached hydrogen (secondary N) is 2. The number of ether oxygens (including phenoxy) is 1. The normalized spacial score (nSPS) is 9.78.